The summed E-state index contributed by atoms with van der Waals surface area (Å²) >= 11 is 0. The number of methoxy groups -OCH3 is 2. The van der Waals surface area contributed by atoms with E-state index < -0.39 is 24.9 Å². The van der Waals surface area contributed by atoms with E-state index in [4.69, 9.17) is 9.47 Å². The molecule has 0 aromatic heterocycles. The summed E-state index contributed by atoms with van der Waals surface area (Å²) in [5.74, 6) is -0.818. The van der Waals surface area contributed by atoms with Crippen LogP contribution in [0.4, 0.5) is 0 Å². The maximum absolute atomic E-state index is 12.3. The summed E-state index contributed by atoms with van der Waals surface area (Å²) in [6, 6.07) is 4.75. The highest BCUT2D eigenvalue weighted by Gasteiger charge is 2.26. The highest BCUT2D eigenvalue weighted by atomic mass is 16.5. The van der Waals surface area contributed by atoms with Gasteiger partial charge in [-0.3, -0.25) is 9.59 Å². The number of carbonyl (C=O) groups is 2. The van der Waals surface area contributed by atoms with Gasteiger partial charge in [-0.05, 0) is 30.5 Å². The molecule has 0 saturated carbocycles. The molecular weight excluding hydrogens is 327 g/mol. The van der Waals surface area contributed by atoms with Crippen LogP contribution in [0.1, 0.15) is 30.6 Å². The van der Waals surface area contributed by atoms with E-state index in [9.17, 15) is 19.6 Å². The lowest BCUT2D eigenvalue weighted by atomic mass is 9.75. The van der Waals surface area contributed by atoms with Crippen molar-refractivity contribution in [3.05, 3.63) is 23.8 Å². The fourth-order valence-electron chi connectivity index (χ4n) is 2.27. The van der Waals surface area contributed by atoms with Crippen molar-refractivity contribution in [2.24, 2.45) is 5.92 Å². The highest BCUT2D eigenvalue weighted by Crippen LogP contribution is 2.23. The van der Waals surface area contributed by atoms with E-state index in [1.807, 2.05) is 13.8 Å². The Kier molecular flexibility index (Phi) is 8.23. The van der Waals surface area contributed by atoms with Crippen molar-refractivity contribution >= 4 is 18.9 Å². The summed E-state index contributed by atoms with van der Waals surface area (Å²) in [5.41, 5.74) is 0.232. The molecule has 0 fully saturated rings. The Morgan fingerprint density at radius 2 is 1.88 bits per heavy atom. The minimum atomic E-state index is -1.67. The van der Waals surface area contributed by atoms with Crippen LogP contribution in [0.5, 0.6) is 11.5 Å². The van der Waals surface area contributed by atoms with Gasteiger partial charge < -0.3 is 30.2 Å². The van der Waals surface area contributed by atoms with Gasteiger partial charge in [-0.15, -0.1) is 0 Å². The minimum absolute atomic E-state index is 0.169. The standard InChI is InChI=1S/C16H25BN2O6/c1-10(2)7-14(17(22)23)19-15(20)9-18-16(21)12-8-11(24-3)5-6-13(12)25-4/h5-6,8,10,14,22-23H,7,9H2,1-4H3,(H,18,21)(H,19,20)/t14-/m0/s1. The average molecular weight is 352 g/mol. The normalized spacial score (nSPS) is 11.6. The molecule has 138 valence electrons. The lowest BCUT2D eigenvalue weighted by Crippen LogP contribution is -2.50. The predicted octanol–water partition coefficient (Wildman–Crippen LogP) is -0.0235. The molecule has 4 N–H and O–H groups in total. The van der Waals surface area contributed by atoms with Gasteiger partial charge >= 0.3 is 7.12 Å². The van der Waals surface area contributed by atoms with Crippen LogP contribution in [-0.2, 0) is 4.79 Å². The monoisotopic (exact) mass is 352 g/mol. The third-order valence-electron chi connectivity index (χ3n) is 3.49. The fraction of sp³-hybridized carbons (Fsp3) is 0.500. The Morgan fingerprint density at radius 1 is 1.20 bits per heavy atom. The van der Waals surface area contributed by atoms with E-state index in [2.05, 4.69) is 10.6 Å². The van der Waals surface area contributed by atoms with Gasteiger partial charge in [0.1, 0.15) is 11.5 Å². The Bertz CT molecular complexity index is 594. The van der Waals surface area contributed by atoms with Gasteiger partial charge in [0.15, 0.2) is 0 Å². The Labute approximate surface area is 147 Å². The van der Waals surface area contributed by atoms with Crippen LogP contribution < -0.4 is 20.1 Å². The first-order valence-corrected chi connectivity index (χ1v) is 7.94. The van der Waals surface area contributed by atoms with Crippen LogP contribution in [0.15, 0.2) is 18.2 Å². The molecule has 0 unspecified atom stereocenters. The molecule has 0 heterocycles. The number of benzene rings is 1. The van der Waals surface area contributed by atoms with Crippen molar-refractivity contribution in [2.45, 2.75) is 26.2 Å². The molecule has 9 heteroatoms. The van der Waals surface area contributed by atoms with E-state index >= 15 is 0 Å². The molecule has 0 bridgehead atoms. The van der Waals surface area contributed by atoms with Crippen molar-refractivity contribution in [1.82, 2.24) is 10.6 Å². The van der Waals surface area contributed by atoms with Gasteiger partial charge in [-0.25, -0.2) is 0 Å². The van der Waals surface area contributed by atoms with Gasteiger partial charge in [-0.1, -0.05) is 13.8 Å². The summed E-state index contributed by atoms with van der Waals surface area (Å²) in [7, 11) is 1.25. The van der Waals surface area contributed by atoms with Crippen molar-refractivity contribution in [2.75, 3.05) is 20.8 Å². The van der Waals surface area contributed by atoms with Gasteiger partial charge in [-0.2, -0.15) is 0 Å². The molecule has 1 aromatic rings. The summed E-state index contributed by atoms with van der Waals surface area (Å²) in [5, 5.41) is 23.6. The Balaban J connectivity index is 2.68. The third-order valence-corrected chi connectivity index (χ3v) is 3.49. The van der Waals surface area contributed by atoms with Crippen molar-refractivity contribution in [3.8, 4) is 11.5 Å². The molecular formula is C16H25BN2O6. The molecule has 25 heavy (non-hydrogen) atoms. The molecule has 0 radical (unpaired) electrons. The maximum Gasteiger partial charge on any atom is 0.475 e. The second-order valence-electron chi connectivity index (χ2n) is 5.97. The van der Waals surface area contributed by atoms with Gasteiger partial charge in [0, 0.05) is 0 Å². The largest absolute Gasteiger partial charge is 0.497 e. The first-order chi connectivity index (χ1) is 11.8. The Hall–Kier alpha value is -2.26. The van der Waals surface area contributed by atoms with Gasteiger partial charge in [0.05, 0.1) is 32.3 Å². The summed E-state index contributed by atoms with van der Waals surface area (Å²) in [6.07, 6.45) is 0.404. The van der Waals surface area contributed by atoms with Crippen LogP contribution in [0.3, 0.4) is 0 Å². The van der Waals surface area contributed by atoms with Crippen molar-refractivity contribution in [1.29, 1.82) is 0 Å². The lowest BCUT2D eigenvalue weighted by Gasteiger charge is -2.19. The first kappa shape index (κ1) is 20.8. The van der Waals surface area contributed by atoms with Crippen LogP contribution in [-0.4, -0.2) is 55.7 Å². The molecule has 1 rings (SSSR count). The SMILES string of the molecule is COc1ccc(OC)c(C(=O)NCC(=O)N[C@@H](CC(C)C)B(O)O)c1. The molecule has 1 aromatic carbocycles. The molecule has 1 atom stereocenters. The minimum Gasteiger partial charge on any atom is -0.497 e. The van der Waals surface area contributed by atoms with Gasteiger partial charge in [0.25, 0.3) is 5.91 Å². The average Bonchev–Trinajstić information content (AvgIpc) is 2.57. The molecule has 0 spiro atoms. The van der Waals surface area contributed by atoms with E-state index in [0.29, 0.717) is 17.9 Å². The molecule has 0 aliphatic carbocycles. The van der Waals surface area contributed by atoms with E-state index in [1.165, 1.54) is 20.3 Å². The number of hydrogen-bond acceptors (Lipinski definition) is 6. The number of rotatable bonds is 9. The van der Waals surface area contributed by atoms with Crippen LogP contribution in [0.2, 0.25) is 0 Å². The summed E-state index contributed by atoms with van der Waals surface area (Å²) in [6.45, 7) is 3.50. The first-order valence-electron chi connectivity index (χ1n) is 7.94. The predicted molar refractivity (Wildman–Crippen MR) is 93.5 cm³/mol. The molecule has 2 amide bonds. The molecule has 0 saturated heterocycles. The summed E-state index contributed by atoms with van der Waals surface area (Å²) < 4.78 is 10.2. The zero-order valence-electron chi connectivity index (χ0n) is 14.9. The number of nitrogens with one attached hydrogen (secondary N) is 2. The number of ether oxygens (including phenoxy) is 2. The molecule has 8 nitrogen and oxygen atoms in total. The number of amides is 2. The second-order valence-corrected chi connectivity index (χ2v) is 5.97. The quantitative estimate of drug-likeness (QED) is 0.464. The van der Waals surface area contributed by atoms with Crippen LogP contribution in [0, 0.1) is 5.92 Å². The zero-order chi connectivity index (χ0) is 19.0. The van der Waals surface area contributed by atoms with E-state index in [0.717, 1.165) is 0 Å². The number of hydrogen-bond donors (Lipinski definition) is 4. The van der Waals surface area contributed by atoms with E-state index in [1.54, 1.807) is 12.1 Å². The zero-order valence-corrected chi connectivity index (χ0v) is 14.9. The maximum atomic E-state index is 12.3. The fourth-order valence-corrected chi connectivity index (χ4v) is 2.27. The van der Waals surface area contributed by atoms with Gasteiger partial charge in [0.2, 0.25) is 5.91 Å². The van der Waals surface area contributed by atoms with Crippen LogP contribution in [0.25, 0.3) is 0 Å². The molecule has 0 aliphatic rings. The lowest BCUT2D eigenvalue weighted by molar-refractivity contribution is -0.120. The highest BCUT2D eigenvalue weighted by molar-refractivity contribution is 6.43. The second kappa shape index (κ2) is 9.90. The Morgan fingerprint density at radius 3 is 2.40 bits per heavy atom. The summed E-state index contributed by atoms with van der Waals surface area (Å²) in [4.78, 5) is 24.2. The molecule has 0 aliphatic heterocycles. The number of carbonyl (C=O) groups excluding carboxylic acids is 2. The topological polar surface area (TPSA) is 117 Å². The van der Waals surface area contributed by atoms with E-state index in [-0.39, 0.29) is 18.0 Å². The smallest absolute Gasteiger partial charge is 0.475 e. The third kappa shape index (κ3) is 6.63. The van der Waals surface area contributed by atoms with Crippen molar-refractivity contribution < 1.29 is 29.1 Å². The van der Waals surface area contributed by atoms with Crippen molar-refractivity contribution in [3.63, 3.8) is 0 Å². The van der Waals surface area contributed by atoms with Crippen LogP contribution >= 0.6 is 0 Å².